The van der Waals surface area contributed by atoms with Crippen molar-refractivity contribution in [2.24, 2.45) is 0 Å². The van der Waals surface area contributed by atoms with Gasteiger partial charge in [0.05, 0.1) is 18.5 Å². The zero-order valence-electron chi connectivity index (χ0n) is 11.6. The minimum absolute atomic E-state index is 0.300. The van der Waals surface area contributed by atoms with E-state index in [0.29, 0.717) is 31.2 Å². The summed E-state index contributed by atoms with van der Waals surface area (Å²) in [6.07, 6.45) is -0.581. The maximum absolute atomic E-state index is 11.9. The van der Waals surface area contributed by atoms with Gasteiger partial charge in [0.2, 0.25) is 0 Å². The molecule has 0 amide bonds. The van der Waals surface area contributed by atoms with Crippen LogP contribution < -0.4 is 5.32 Å². The Hall–Kier alpha value is -0.750. The van der Waals surface area contributed by atoms with E-state index in [9.17, 15) is 9.32 Å². The van der Waals surface area contributed by atoms with Crippen LogP contribution in [0.4, 0.5) is 0 Å². The lowest BCUT2D eigenvalue weighted by molar-refractivity contribution is 0.174. The van der Waals surface area contributed by atoms with Gasteiger partial charge in [-0.25, -0.2) is 0 Å². The summed E-state index contributed by atoms with van der Waals surface area (Å²) in [6, 6.07) is 7.97. The lowest BCUT2D eigenvalue weighted by Crippen LogP contribution is -2.33. The minimum Gasteiger partial charge on any atom is -0.391 e. The Morgan fingerprint density at radius 1 is 1.47 bits per heavy atom. The Kier molecular flexibility index (Phi) is 7.90. The number of benzene rings is 1. The number of ether oxygens (including phenoxy) is 1. The molecule has 0 saturated carbocycles. The monoisotopic (exact) mass is 285 g/mol. The third-order valence-electron chi connectivity index (χ3n) is 2.65. The standard InChI is InChI=1S/C14H23NO3S/c1-12-4-3-5-13(8-12)10-19(17)11-14(16)9-15-6-7-18-2/h3-5,8,14-16H,6-7,9-11H2,1-2H3. The van der Waals surface area contributed by atoms with Crippen LogP contribution in [0.25, 0.3) is 0 Å². The largest absolute Gasteiger partial charge is 0.391 e. The van der Waals surface area contributed by atoms with Crippen molar-refractivity contribution < 1.29 is 14.1 Å². The van der Waals surface area contributed by atoms with E-state index in [0.717, 1.165) is 11.1 Å². The fraction of sp³-hybridized carbons (Fsp3) is 0.571. The van der Waals surface area contributed by atoms with Crippen molar-refractivity contribution in [2.75, 3.05) is 32.6 Å². The van der Waals surface area contributed by atoms with Gasteiger partial charge in [0.15, 0.2) is 0 Å². The van der Waals surface area contributed by atoms with E-state index in [1.165, 1.54) is 0 Å². The molecule has 0 fully saturated rings. The van der Waals surface area contributed by atoms with Crippen molar-refractivity contribution in [1.82, 2.24) is 5.32 Å². The molecule has 0 aliphatic heterocycles. The quantitative estimate of drug-likeness (QED) is 0.660. The van der Waals surface area contributed by atoms with Crippen molar-refractivity contribution in [3.8, 4) is 0 Å². The minimum atomic E-state index is -1.04. The predicted octanol–water partition coefficient (Wildman–Crippen LogP) is 0.841. The van der Waals surface area contributed by atoms with Crippen molar-refractivity contribution >= 4 is 10.8 Å². The van der Waals surface area contributed by atoms with Crippen LogP contribution >= 0.6 is 0 Å². The van der Waals surface area contributed by atoms with Gasteiger partial charge in [0.1, 0.15) is 0 Å². The van der Waals surface area contributed by atoms with Crippen LogP contribution in [0.2, 0.25) is 0 Å². The first-order valence-corrected chi connectivity index (χ1v) is 7.89. The highest BCUT2D eigenvalue weighted by Crippen LogP contribution is 2.07. The molecular formula is C14H23NO3S. The fourth-order valence-electron chi connectivity index (χ4n) is 1.76. The molecule has 1 aromatic rings. The zero-order chi connectivity index (χ0) is 14.1. The summed E-state index contributed by atoms with van der Waals surface area (Å²) < 4.78 is 16.8. The lowest BCUT2D eigenvalue weighted by Gasteiger charge is -2.11. The molecule has 2 atom stereocenters. The number of hydrogen-bond acceptors (Lipinski definition) is 4. The molecule has 19 heavy (non-hydrogen) atoms. The summed E-state index contributed by atoms with van der Waals surface area (Å²) in [5.41, 5.74) is 2.22. The summed E-state index contributed by atoms with van der Waals surface area (Å²) in [4.78, 5) is 0. The molecule has 0 saturated heterocycles. The molecule has 0 radical (unpaired) electrons. The summed E-state index contributed by atoms with van der Waals surface area (Å²) >= 11 is 0. The Labute approximate surface area is 117 Å². The normalized spacial score (nSPS) is 14.3. The molecule has 2 N–H and O–H groups in total. The average molecular weight is 285 g/mol. The summed E-state index contributed by atoms with van der Waals surface area (Å²) in [5, 5.41) is 12.8. The van der Waals surface area contributed by atoms with Gasteiger partial charge < -0.3 is 15.2 Å². The second-order valence-electron chi connectivity index (χ2n) is 4.59. The predicted molar refractivity (Wildman–Crippen MR) is 78.6 cm³/mol. The van der Waals surface area contributed by atoms with Crippen molar-refractivity contribution in [2.45, 2.75) is 18.8 Å². The maximum Gasteiger partial charge on any atom is 0.0779 e. The first-order chi connectivity index (χ1) is 9.11. The molecular weight excluding hydrogens is 262 g/mol. The van der Waals surface area contributed by atoms with E-state index in [2.05, 4.69) is 5.32 Å². The van der Waals surface area contributed by atoms with E-state index in [4.69, 9.17) is 4.74 Å². The third kappa shape index (κ3) is 7.42. The van der Waals surface area contributed by atoms with Gasteiger partial charge >= 0.3 is 0 Å². The van der Waals surface area contributed by atoms with Gasteiger partial charge in [-0.1, -0.05) is 29.8 Å². The molecule has 0 bridgehead atoms. The van der Waals surface area contributed by atoms with Crippen LogP contribution in [0.15, 0.2) is 24.3 Å². The Morgan fingerprint density at radius 2 is 2.26 bits per heavy atom. The SMILES string of the molecule is COCCNCC(O)CS(=O)Cc1cccc(C)c1. The van der Waals surface area contributed by atoms with Gasteiger partial charge in [0.25, 0.3) is 0 Å². The number of aryl methyl sites for hydroxylation is 1. The van der Waals surface area contributed by atoms with Crippen LogP contribution in [-0.2, 0) is 21.3 Å². The zero-order valence-corrected chi connectivity index (χ0v) is 12.4. The van der Waals surface area contributed by atoms with Gasteiger partial charge in [0, 0.05) is 36.8 Å². The number of hydrogen-bond donors (Lipinski definition) is 2. The Bertz CT molecular complexity index is 398. The van der Waals surface area contributed by atoms with Gasteiger partial charge in [-0.2, -0.15) is 0 Å². The molecule has 0 heterocycles. The number of aliphatic hydroxyl groups excluding tert-OH is 1. The molecule has 2 unspecified atom stereocenters. The Morgan fingerprint density at radius 3 is 2.95 bits per heavy atom. The van der Waals surface area contributed by atoms with Crippen LogP contribution in [0.1, 0.15) is 11.1 Å². The topological polar surface area (TPSA) is 58.6 Å². The molecule has 1 rings (SSSR count). The third-order valence-corrected chi connectivity index (χ3v) is 4.06. The van der Waals surface area contributed by atoms with Gasteiger partial charge in [-0.15, -0.1) is 0 Å². The highest BCUT2D eigenvalue weighted by atomic mass is 32.2. The molecule has 0 spiro atoms. The highest BCUT2D eigenvalue weighted by molar-refractivity contribution is 7.84. The Balaban J connectivity index is 2.26. The smallest absolute Gasteiger partial charge is 0.0779 e. The molecule has 0 aliphatic rings. The van der Waals surface area contributed by atoms with E-state index in [1.807, 2.05) is 31.2 Å². The van der Waals surface area contributed by atoms with E-state index >= 15 is 0 Å². The van der Waals surface area contributed by atoms with Crippen LogP contribution in [-0.4, -0.2) is 48.0 Å². The molecule has 1 aromatic carbocycles. The van der Waals surface area contributed by atoms with Crippen molar-refractivity contribution in [3.63, 3.8) is 0 Å². The molecule has 4 nitrogen and oxygen atoms in total. The molecule has 108 valence electrons. The van der Waals surface area contributed by atoms with Crippen LogP contribution in [0.5, 0.6) is 0 Å². The summed E-state index contributed by atoms with van der Waals surface area (Å²) in [6.45, 7) is 3.76. The number of methoxy groups -OCH3 is 1. The molecule has 5 heteroatoms. The molecule has 0 aliphatic carbocycles. The summed E-state index contributed by atoms with van der Waals surface area (Å²) in [7, 11) is 0.596. The number of rotatable bonds is 9. The fourth-order valence-corrected chi connectivity index (χ4v) is 2.98. The van der Waals surface area contributed by atoms with Gasteiger partial charge in [-0.05, 0) is 12.5 Å². The first-order valence-electron chi connectivity index (χ1n) is 6.40. The van der Waals surface area contributed by atoms with E-state index < -0.39 is 16.9 Å². The number of aliphatic hydroxyl groups is 1. The average Bonchev–Trinajstić information content (AvgIpc) is 2.34. The van der Waals surface area contributed by atoms with Crippen LogP contribution in [0.3, 0.4) is 0 Å². The number of nitrogens with one attached hydrogen (secondary N) is 1. The molecule has 0 aromatic heterocycles. The van der Waals surface area contributed by atoms with Crippen LogP contribution in [0, 0.1) is 6.92 Å². The second kappa shape index (κ2) is 9.20. The van der Waals surface area contributed by atoms with E-state index in [-0.39, 0.29) is 0 Å². The van der Waals surface area contributed by atoms with Crippen molar-refractivity contribution in [3.05, 3.63) is 35.4 Å². The second-order valence-corrected chi connectivity index (χ2v) is 6.09. The lowest BCUT2D eigenvalue weighted by atomic mass is 10.2. The van der Waals surface area contributed by atoms with Crippen molar-refractivity contribution in [1.29, 1.82) is 0 Å². The highest BCUT2D eigenvalue weighted by Gasteiger charge is 2.09. The summed E-state index contributed by atoms with van der Waals surface area (Å²) in [5.74, 6) is 0.796. The van der Waals surface area contributed by atoms with E-state index in [1.54, 1.807) is 7.11 Å². The van der Waals surface area contributed by atoms with Gasteiger partial charge in [-0.3, -0.25) is 4.21 Å². The maximum atomic E-state index is 11.9. The first kappa shape index (κ1) is 16.3.